The number of hydrogen-bond acceptors (Lipinski definition) is 2. The molecule has 2 heterocycles. The molecule has 2 nitrogen and oxygen atoms in total. The molecule has 116 valence electrons. The molecule has 2 aliphatic rings. The summed E-state index contributed by atoms with van der Waals surface area (Å²) in [6.45, 7) is 0. The van der Waals surface area contributed by atoms with E-state index < -0.39 is 11.7 Å². The van der Waals surface area contributed by atoms with Crippen molar-refractivity contribution < 1.29 is 13.2 Å². The summed E-state index contributed by atoms with van der Waals surface area (Å²) in [6, 6.07) is 4.38. The highest BCUT2D eigenvalue weighted by Gasteiger charge is 2.42. The lowest BCUT2D eigenvalue weighted by Crippen LogP contribution is -2.56. The first-order valence-electron chi connectivity index (χ1n) is 7.27. The molecule has 2 saturated heterocycles. The minimum absolute atomic E-state index is 0.0955. The molecule has 3 rings (SSSR count). The highest BCUT2D eigenvalue weighted by atomic mass is 35.5. The molecule has 2 N–H and O–H groups in total. The monoisotopic (exact) mass is 318 g/mol. The summed E-state index contributed by atoms with van der Waals surface area (Å²) in [5.41, 5.74) is 5.66. The van der Waals surface area contributed by atoms with Gasteiger partial charge in [-0.15, -0.1) is 0 Å². The van der Waals surface area contributed by atoms with E-state index in [1.165, 1.54) is 12.1 Å². The van der Waals surface area contributed by atoms with E-state index in [2.05, 4.69) is 0 Å². The van der Waals surface area contributed by atoms with Crippen LogP contribution >= 0.6 is 11.6 Å². The van der Waals surface area contributed by atoms with Crippen LogP contribution < -0.4 is 10.6 Å². The summed E-state index contributed by atoms with van der Waals surface area (Å²) < 4.78 is 40.0. The second-order valence-electron chi connectivity index (χ2n) is 6.04. The van der Waals surface area contributed by atoms with Crippen LogP contribution in [0.1, 0.15) is 37.7 Å². The molecule has 2 aliphatic heterocycles. The van der Waals surface area contributed by atoms with Crippen LogP contribution in [0.5, 0.6) is 0 Å². The number of anilines is 1. The van der Waals surface area contributed by atoms with Gasteiger partial charge in [-0.1, -0.05) is 11.6 Å². The summed E-state index contributed by atoms with van der Waals surface area (Å²) in [5, 5.41) is 0.116. The molecule has 2 fully saturated rings. The first-order chi connectivity index (χ1) is 9.86. The van der Waals surface area contributed by atoms with Gasteiger partial charge in [0.05, 0.1) is 5.56 Å². The number of nitrogens with two attached hydrogens (primary N) is 1. The first-order valence-corrected chi connectivity index (χ1v) is 7.64. The smallest absolute Gasteiger partial charge is 0.365 e. The second kappa shape index (κ2) is 5.36. The summed E-state index contributed by atoms with van der Waals surface area (Å²) in [5.74, 6) is 0. The quantitative estimate of drug-likeness (QED) is 0.840. The molecule has 0 aliphatic carbocycles. The molecule has 0 amide bonds. The molecule has 2 atom stereocenters. The Bertz CT molecular complexity index is 518. The van der Waals surface area contributed by atoms with E-state index in [9.17, 15) is 13.2 Å². The maximum Gasteiger partial charge on any atom is 0.418 e. The summed E-state index contributed by atoms with van der Waals surface area (Å²) in [6.07, 6.45) is 0.00266. The number of rotatable bonds is 1. The zero-order valence-corrected chi connectivity index (χ0v) is 12.3. The molecule has 0 aromatic heterocycles. The number of benzene rings is 1. The van der Waals surface area contributed by atoms with Gasteiger partial charge in [0.25, 0.3) is 0 Å². The van der Waals surface area contributed by atoms with E-state index in [1.54, 1.807) is 0 Å². The van der Waals surface area contributed by atoms with Gasteiger partial charge < -0.3 is 10.6 Å². The lowest BCUT2D eigenvalue weighted by molar-refractivity contribution is -0.137. The van der Waals surface area contributed by atoms with Crippen molar-refractivity contribution >= 4 is 17.3 Å². The zero-order valence-electron chi connectivity index (χ0n) is 11.5. The Morgan fingerprint density at radius 2 is 1.76 bits per heavy atom. The maximum absolute atomic E-state index is 13.3. The molecule has 1 aromatic carbocycles. The number of fused-ring (bicyclic) bond motifs is 2. The third kappa shape index (κ3) is 2.86. The van der Waals surface area contributed by atoms with Gasteiger partial charge in [0, 0.05) is 28.8 Å². The van der Waals surface area contributed by atoms with Crippen molar-refractivity contribution in [3.8, 4) is 0 Å². The highest BCUT2D eigenvalue weighted by Crippen LogP contribution is 2.44. The molecule has 0 spiro atoms. The van der Waals surface area contributed by atoms with E-state index in [0.29, 0.717) is 0 Å². The Hall–Kier alpha value is -0.940. The van der Waals surface area contributed by atoms with Crippen molar-refractivity contribution in [1.29, 1.82) is 0 Å². The summed E-state index contributed by atoms with van der Waals surface area (Å²) in [4.78, 5) is 1.95. The van der Waals surface area contributed by atoms with Crippen molar-refractivity contribution in [3.05, 3.63) is 28.8 Å². The molecular formula is C15H18ClF3N2. The van der Waals surface area contributed by atoms with Gasteiger partial charge in [-0.2, -0.15) is 13.2 Å². The molecule has 21 heavy (non-hydrogen) atoms. The van der Waals surface area contributed by atoms with Gasteiger partial charge in [0.1, 0.15) is 0 Å². The van der Waals surface area contributed by atoms with E-state index in [4.69, 9.17) is 17.3 Å². The maximum atomic E-state index is 13.3. The van der Waals surface area contributed by atoms with Crippen molar-refractivity contribution in [3.63, 3.8) is 0 Å². The lowest BCUT2D eigenvalue weighted by Gasteiger charge is -2.50. The molecule has 2 bridgehead atoms. The van der Waals surface area contributed by atoms with Gasteiger partial charge in [-0.25, -0.2) is 0 Å². The van der Waals surface area contributed by atoms with Crippen molar-refractivity contribution in [2.24, 2.45) is 5.73 Å². The normalized spacial score (nSPS) is 29.6. The Labute approximate surface area is 127 Å². The van der Waals surface area contributed by atoms with E-state index >= 15 is 0 Å². The average molecular weight is 319 g/mol. The molecule has 6 heteroatoms. The standard InChI is InChI=1S/C15H18ClF3N2/c16-9-4-5-14(13(6-9)15(17,18)19)21-11-2-1-3-12(21)8-10(20)7-11/h4-6,10-12H,1-3,7-8,20H2. The van der Waals surface area contributed by atoms with Gasteiger partial charge in [-0.05, 0) is 50.3 Å². The number of hydrogen-bond donors (Lipinski definition) is 1. The van der Waals surface area contributed by atoms with Gasteiger partial charge in [0.2, 0.25) is 0 Å². The number of halogens is 4. The van der Waals surface area contributed by atoms with Crippen LogP contribution in [-0.2, 0) is 6.18 Å². The van der Waals surface area contributed by atoms with E-state index in [0.717, 1.165) is 38.2 Å². The van der Waals surface area contributed by atoms with Gasteiger partial charge >= 0.3 is 6.18 Å². The largest absolute Gasteiger partial charge is 0.418 e. The molecule has 0 radical (unpaired) electrons. The third-order valence-corrected chi connectivity index (χ3v) is 4.79. The predicted molar refractivity (Wildman–Crippen MR) is 77.6 cm³/mol. The Kier molecular flexibility index (Phi) is 3.82. The van der Waals surface area contributed by atoms with Gasteiger partial charge in [-0.3, -0.25) is 0 Å². The Morgan fingerprint density at radius 3 is 2.33 bits per heavy atom. The van der Waals surface area contributed by atoms with Crippen LogP contribution in [0.3, 0.4) is 0 Å². The number of piperidine rings is 2. The van der Waals surface area contributed by atoms with Crippen molar-refractivity contribution in [2.75, 3.05) is 4.90 Å². The third-order valence-electron chi connectivity index (χ3n) is 4.55. The second-order valence-corrected chi connectivity index (χ2v) is 6.47. The van der Waals surface area contributed by atoms with Crippen LogP contribution in [0.4, 0.5) is 18.9 Å². The fourth-order valence-electron chi connectivity index (χ4n) is 3.78. The fourth-order valence-corrected chi connectivity index (χ4v) is 3.95. The fraction of sp³-hybridized carbons (Fsp3) is 0.600. The van der Waals surface area contributed by atoms with Crippen molar-refractivity contribution in [1.82, 2.24) is 0 Å². The average Bonchev–Trinajstić information content (AvgIpc) is 2.37. The first kappa shape index (κ1) is 15.0. The van der Waals surface area contributed by atoms with Crippen molar-refractivity contribution in [2.45, 2.75) is 56.4 Å². The van der Waals surface area contributed by atoms with E-state index in [-0.39, 0.29) is 28.8 Å². The van der Waals surface area contributed by atoms with Gasteiger partial charge in [0.15, 0.2) is 0 Å². The Balaban J connectivity index is 2.04. The SMILES string of the molecule is NC1CC2CCCC(C1)N2c1ccc(Cl)cc1C(F)(F)F. The number of alkyl halides is 3. The Morgan fingerprint density at radius 1 is 1.14 bits per heavy atom. The topological polar surface area (TPSA) is 29.3 Å². The summed E-state index contributed by atoms with van der Waals surface area (Å²) in [7, 11) is 0. The highest BCUT2D eigenvalue weighted by molar-refractivity contribution is 6.30. The minimum Gasteiger partial charge on any atom is -0.365 e. The van der Waals surface area contributed by atoms with E-state index in [1.807, 2.05) is 4.90 Å². The predicted octanol–water partition coefficient (Wildman–Crippen LogP) is 4.21. The van der Waals surface area contributed by atoms with Crippen LogP contribution in [0.2, 0.25) is 5.02 Å². The molecule has 2 unspecified atom stereocenters. The minimum atomic E-state index is -4.39. The molecular weight excluding hydrogens is 301 g/mol. The van der Waals surface area contributed by atoms with Crippen LogP contribution in [0.25, 0.3) is 0 Å². The van der Waals surface area contributed by atoms with Crippen LogP contribution in [-0.4, -0.2) is 18.1 Å². The zero-order chi connectivity index (χ0) is 15.2. The van der Waals surface area contributed by atoms with Crippen LogP contribution in [0, 0.1) is 0 Å². The number of nitrogens with zero attached hydrogens (tertiary/aromatic N) is 1. The summed E-state index contributed by atoms with van der Waals surface area (Å²) >= 11 is 5.77. The van der Waals surface area contributed by atoms with Crippen LogP contribution in [0.15, 0.2) is 18.2 Å². The lowest BCUT2D eigenvalue weighted by atomic mass is 9.81. The molecule has 0 saturated carbocycles. The molecule has 1 aromatic rings.